The number of nitrogens with two attached hydrogens (primary N) is 1. The summed E-state index contributed by atoms with van der Waals surface area (Å²) < 4.78 is 68.5. The minimum Gasteiger partial charge on any atom is -0.396 e. The van der Waals surface area contributed by atoms with Crippen LogP contribution in [0.1, 0.15) is 0 Å². The predicted octanol–water partition coefficient (Wildman–Crippen LogP) is 3.33. The summed E-state index contributed by atoms with van der Waals surface area (Å²) in [5.41, 5.74) is 5.22. The number of anilines is 2. The third kappa shape index (κ3) is 6.64. The molecule has 174 valence electrons. The molecule has 32 heavy (non-hydrogen) atoms. The summed E-state index contributed by atoms with van der Waals surface area (Å²) in [6, 6.07) is 5.53. The number of nitrogens with zero attached hydrogens (tertiary/aromatic N) is 4. The van der Waals surface area contributed by atoms with Crippen LogP contribution < -0.4 is 11.1 Å². The molecule has 0 saturated carbocycles. The zero-order valence-electron chi connectivity index (χ0n) is 16.0. The monoisotopic (exact) mass is 508 g/mol. The molecule has 2 rings (SSSR count). The maximum Gasteiger partial charge on any atom is 0.296 e. The molecule has 0 atom stereocenters. The highest BCUT2D eigenvalue weighted by Gasteiger charge is 2.23. The lowest BCUT2D eigenvalue weighted by Gasteiger charge is -2.14. The third-order valence-electron chi connectivity index (χ3n) is 3.55. The van der Waals surface area contributed by atoms with E-state index in [9.17, 15) is 21.4 Å². The summed E-state index contributed by atoms with van der Waals surface area (Å²) in [6.45, 7) is 0. The number of nitrogens with one attached hydrogen (secondary N) is 1. The van der Waals surface area contributed by atoms with Crippen molar-refractivity contribution in [1.82, 2.24) is 0 Å². The first kappa shape index (κ1) is 25.5. The Bertz CT molecular complexity index is 1230. The topological polar surface area (TPSA) is 235 Å². The van der Waals surface area contributed by atoms with E-state index in [-0.39, 0.29) is 33.5 Å². The van der Waals surface area contributed by atoms with Crippen LogP contribution in [-0.2, 0) is 29.6 Å². The predicted molar refractivity (Wildman–Crippen MR) is 112 cm³/mol. The summed E-state index contributed by atoms with van der Waals surface area (Å²) in [5.74, 6) is -0.0803. The second-order valence-corrected chi connectivity index (χ2v) is 9.03. The van der Waals surface area contributed by atoms with Gasteiger partial charge in [-0.2, -0.15) is 32.2 Å². The minimum absolute atomic E-state index is 0.0350. The average Bonchev–Trinajstić information content (AvgIpc) is 2.71. The molecule has 0 heterocycles. The van der Waals surface area contributed by atoms with Crippen molar-refractivity contribution in [2.75, 3.05) is 24.0 Å². The van der Waals surface area contributed by atoms with Crippen LogP contribution in [-0.4, -0.2) is 44.1 Å². The van der Waals surface area contributed by atoms with Gasteiger partial charge in [0.2, 0.25) is 0 Å². The average molecular weight is 509 g/mol. The summed E-state index contributed by atoms with van der Waals surface area (Å²) in [4.78, 5) is -1.08. The Kier molecular flexibility index (Phi) is 8.58. The molecule has 15 nitrogen and oxygen atoms in total. The largest absolute Gasteiger partial charge is 0.396 e. The lowest BCUT2D eigenvalue weighted by Crippen LogP contribution is -2.06. The molecule has 0 saturated heterocycles. The Morgan fingerprint density at radius 3 is 2.25 bits per heavy atom. The number of hydrogen-bond donors (Lipinski definition) is 5. The standard InChI is InChI=1S/C14H16N6O9S3/c1-16-19-10-6-11(32(25,26)27)12(15)14(13(10)17-7-30-29-28-21)20-18-8-2-4-9(5-3-8)31(22,23)24/h2-6,17,21H,7,15H2,1H3,(H,22,23,24)(H,25,26,27). The van der Waals surface area contributed by atoms with Crippen molar-refractivity contribution in [2.24, 2.45) is 20.5 Å². The van der Waals surface area contributed by atoms with Crippen LogP contribution in [0.25, 0.3) is 0 Å². The molecule has 0 aliphatic carbocycles. The minimum atomic E-state index is -4.78. The van der Waals surface area contributed by atoms with Crippen LogP contribution in [0.3, 0.4) is 0 Å². The summed E-state index contributed by atoms with van der Waals surface area (Å²) in [7, 11) is -7.88. The van der Waals surface area contributed by atoms with Gasteiger partial charge in [0.25, 0.3) is 20.2 Å². The highest BCUT2D eigenvalue weighted by atomic mass is 32.2. The van der Waals surface area contributed by atoms with Gasteiger partial charge < -0.3 is 11.1 Å². The number of nitrogen functional groups attached to an aromatic ring is 1. The molecule has 6 N–H and O–H groups in total. The molecule has 0 unspecified atom stereocenters. The van der Waals surface area contributed by atoms with Crippen molar-refractivity contribution >= 4 is 60.7 Å². The molecule has 0 aromatic heterocycles. The van der Waals surface area contributed by atoms with Crippen LogP contribution in [0, 0.1) is 0 Å². The molecular weight excluding hydrogens is 492 g/mol. The Morgan fingerprint density at radius 2 is 1.72 bits per heavy atom. The van der Waals surface area contributed by atoms with Crippen LogP contribution in [0.4, 0.5) is 28.4 Å². The van der Waals surface area contributed by atoms with Crippen molar-refractivity contribution in [3.8, 4) is 0 Å². The molecule has 2 aromatic carbocycles. The zero-order chi connectivity index (χ0) is 23.9. The van der Waals surface area contributed by atoms with Gasteiger partial charge in [-0.05, 0) is 30.3 Å². The van der Waals surface area contributed by atoms with E-state index in [0.29, 0.717) is 12.0 Å². The van der Waals surface area contributed by atoms with E-state index in [4.69, 9.17) is 15.5 Å². The number of benzene rings is 2. The van der Waals surface area contributed by atoms with Gasteiger partial charge >= 0.3 is 0 Å². The lowest BCUT2D eigenvalue weighted by atomic mass is 10.2. The normalized spacial score (nSPS) is 12.6. The summed E-state index contributed by atoms with van der Waals surface area (Å²) in [5, 5.41) is 29.5. The highest BCUT2D eigenvalue weighted by Crippen LogP contribution is 2.44. The molecule has 0 radical (unpaired) electrons. The van der Waals surface area contributed by atoms with E-state index >= 15 is 0 Å². The van der Waals surface area contributed by atoms with Gasteiger partial charge in [0, 0.05) is 7.05 Å². The maximum atomic E-state index is 11.7. The van der Waals surface area contributed by atoms with Gasteiger partial charge in [-0.15, -0.1) is 9.45 Å². The zero-order valence-corrected chi connectivity index (χ0v) is 18.4. The Morgan fingerprint density at radius 1 is 1.06 bits per heavy atom. The van der Waals surface area contributed by atoms with Gasteiger partial charge in [-0.3, -0.25) is 9.11 Å². The van der Waals surface area contributed by atoms with Crippen molar-refractivity contribution in [3.63, 3.8) is 0 Å². The van der Waals surface area contributed by atoms with E-state index < -0.39 is 30.8 Å². The van der Waals surface area contributed by atoms with Crippen LogP contribution >= 0.6 is 12.0 Å². The van der Waals surface area contributed by atoms with Crippen LogP contribution in [0.2, 0.25) is 0 Å². The van der Waals surface area contributed by atoms with E-state index in [0.717, 1.165) is 18.2 Å². The van der Waals surface area contributed by atoms with Crippen molar-refractivity contribution in [3.05, 3.63) is 30.3 Å². The van der Waals surface area contributed by atoms with Crippen molar-refractivity contribution < 1.29 is 40.6 Å². The Balaban J connectivity index is 2.60. The summed E-state index contributed by atoms with van der Waals surface area (Å²) in [6.07, 6.45) is 0. The van der Waals surface area contributed by atoms with E-state index in [2.05, 4.69) is 35.1 Å². The number of azo groups is 2. The fourth-order valence-corrected chi connectivity index (χ4v) is 3.67. The smallest absolute Gasteiger partial charge is 0.296 e. The molecule has 0 amide bonds. The Hall–Kier alpha value is -2.71. The third-order valence-corrected chi connectivity index (χ3v) is 5.73. The molecule has 0 aliphatic heterocycles. The van der Waals surface area contributed by atoms with Crippen LogP contribution in [0.15, 0.2) is 60.6 Å². The second kappa shape index (κ2) is 10.7. The maximum absolute atomic E-state index is 11.7. The molecule has 2 aromatic rings. The van der Waals surface area contributed by atoms with Crippen molar-refractivity contribution in [2.45, 2.75) is 9.79 Å². The van der Waals surface area contributed by atoms with Gasteiger partial charge in [-0.1, -0.05) is 5.04 Å². The molecule has 0 aliphatic rings. The SMILES string of the molecule is CN=Nc1cc(S(=O)(=O)O)c(N)c(N=Nc2ccc(S(=O)(=O)O)cc2)c1NCSOOO. The van der Waals surface area contributed by atoms with Crippen molar-refractivity contribution in [1.29, 1.82) is 0 Å². The van der Waals surface area contributed by atoms with Gasteiger partial charge in [0.15, 0.2) is 0 Å². The van der Waals surface area contributed by atoms with E-state index in [1.807, 2.05) is 0 Å². The molecule has 18 heteroatoms. The van der Waals surface area contributed by atoms with Crippen LogP contribution in [0.5, 0.6) is 0 Å². The molecule has 0 fully saturated rings. The lowest BCUT2D eigenvalue weighted by molar-refractivity contribution is -0.432. The first-order chi connectivity index (χ1) is 15.0. The molecule has 0 spiro atoms. The molecule has 0 bridgehead atoms. The molecular formula is C14H16N6O9S3. The quantitative estimate of drug-likeness (QED) is 0.0454. The van der Waals surface area contributed by atoms with Gasteiger partial charge in [-0.25, -0.2) is 5.26 Å². The second-order valence-electron chi connectivity index (χ2n) is 5.56. The van der Waals surface area contributed by atoms with E-state index in [1.54, 1.807) is 0 Å². The van der Waals surface area contributed by atoms with E-state index in [1.165, 1.54) is 19.2 Å². The first-order valence-corrected chi connectivity index (χ1v) is 11.8. The summed E-state index contributed by atoms with van der Waals surface area (Å²) >= 11 is 0.601. The fraction of sp³-hybridized carbons (Fsp3) is 0.143. The number of rotatable bonds is 10. The Labute approximate surface area is 185 Å². The number of hydrogen-bond acceptors (Lipinski definition) is 14. The van der Waals surface area contributed by atoms with Gasteiger partial charge in [0.05, 0.1) is 39.9 Å². The fourth-order valence-electron chi connectivity index (χ4n) is 2.26. The first-order valence-electron chi connectivity index (χ1n) is 8.05. The van der Waals surface area contributed by atoms with Gasteiger partial charge in [0.1, 0.15) is 16.3 Å². The highest BCUT2D eigenvalue weighted by molar-refractivity contribution is 7.94.